The van der Waals surface area contributed by atoms with Crippen molar-refractivity contribution < 1.29 is 14.1 Å². The van der Waals surface area contributed by atoms with Crippen molar-refractivity contribution in [1.29, 1.82) is 0 Å². The molecule has 0 bridgehead atoms. The van der Waals surface area contributed by atoms with Crippen LogP contribution in [-0.2, 0) is 23.8 Å². The monoisotopic (exact) mass is 499 g/mol. The van der Waals surface area contributed by atoms with Gasteiger partial charge in [0.15, 0.2) is 0 Å². The third-order valence-corrected chi connectivity index (χ3v) is 7.78. The molecule has 2 aliphatic rings. The van der Waals surface area contributed by atoms with Crippen molar-refractivity contribution in [2.45, 2.75) is 30.6 Å². The molecule has 0 radical (unpaired) electrons. The minimum Gasteiger partial charge on any atom is -0.465 e. The van der Waals surface area contributed by atoms with Gasteiger partial charge >= 0.3 is 6.09 Å². The summed E-state index contributed by atoms with van der Waals surface area (Å²) in [6, 6.07) is 12.0. The largest absolute Gasteiger partial charge is 0.465 e. The molecule has 34 heavy (non-hydrogen) atoms. The lowest BCUT2D eigenvalue weighted by molar-refractivity contribution is 0.142. The SMILES string of the molecule is CN(C(=O)O)C1CCN(c2nc(S(C)=O)nc3c2CCN(c2cccc4cccc(Cl)c24)C3)C1. The molecule has 3 heterocycles. The van der Waals surface area contributed by atoms with Crippen molar-refractivity contribution in [1.82, 2.24) is 14.9 Å². The van der Waals surface area contributed by atoms with E-state index in [2.05, 4.69) is 38.0 Å². The van der Waals surface area contributed by atoms with Gasteiger partial charge in [-0.05, 0) is 30.4 Å². The first-order valence-corrected chi connectivity index (χ1v) is 13.1. The minimum atomic E-state index is -1.34. The second-order valence-corrected chi connectivity index (χ2v) is 10.5. The summed E-state index contributed by atoms with van der Waals surface area (Å²) in [5, 5.41) is 12.5. The maximum absolute atomic E-state index is 12.4. The standard InChI is InChI=1S/C24H26ClN5O3S/c1-28(24(31)32)16-9-11-30(13-16)22-17-10-12-29(14-19(17)26-23(27-22)34(2)33)20-8-4-6-15-5-3-7-18(25)21(15)20/h3-8,16H,9-14H2,1-2H3,(H,31,32). The normalized spacial score (nSPS) is 18.7. The van der Waals surface area contributed by atoms with E-state index in [1.807, 2.05) is 18.2 Å². The van der Waals surface area contributed by atoms with Gasteiger partial charge in [0.25, 0.3) is 0 Å². The van der Waals surface area contributed by atoms with E-state index in [0.717, 1.165) is 52.9 Å². The Labute approximate surface area is 205 Å². The first-order valence-electron chi connectivity index (χ1n) is 11.2. The van der Waals surface area contributed by atoms with Gasteiger partial charge in [0, 0.05) is 49.6 Å². The number of amides is 1. The highest BCUT2D eigenvalue weighted by Crippen LogP contribution is 2.37. The van der Waals surface area contributed by atoms with Crippen LogP contribution in [0.2, 0.25) is 5.02 Å². The molecule has 10 heteroatoms. The number of anilines is 2. The molecular weight excluding hydrogens is 474 g/mol. The lowest BCUT2D eigenvalue weighted by atomic mass is 10.0. The zero-order valence-electron chi connectivity index (χ0n) is 19.1. The van der Waals surface area contributed by atoms with Gasteiger partial charge in [-0.3, -0.25) is 4.21 Å². The third-order valence-electron chi connectivity index (χ3n) is 6.76. The third kappa shape index (κ3) is 4.07. The Hall–Kier alpha value is -2.91. The first-order chi connectivity index (χ1) is 16.3. The van der Waals surface area contributed by atoms with Gasteiger partial charge in [0.05, 0.1) is 34.1 Å². The zero-order valence-corrected chi connectivity index (χ0v) is 20.6. The van der Waals surface area contributed by atoms with Crippen LogP contribution in [0.4, 0.5) is 16.3 Å². The fourth-order valence-corrected chi connectivity index (χ4v) is 5.66. The molecule has 2 unspecified atom stereocenters. The smallest absolute Gasteiger partial charge is 0.407 e. The first kappa shape index (κ1) is 22.9. The van der Waals surface area contributed by atoms with Crippen molar-refractivity contribution in [3.05, 3.63) is 52.7 Å². The van der Waals surface area contributed by atoms with Crippen molar-refractivity contribution in [2.24, 2.45) is 0 Å². The summed E-state index contributed by atoms with van der Waals surface area (Å²) < 4.78 is 12.4. The van der Waals surface area contributed by atoms with Gasteiger partial charge in [0.2, 0.25) is 5.16 Å². The van der Waals surface area contributed by atoms with Gasteiger partial charge in [-0.15, -0.1) is 0 Å². The summed E-state index contributed by atoms with van der Waals surface area (Å²) in [5.41, 5.74) is 2.97. The molecule has 2 aromatic carbocycles. The van der Waals surface area contributed by atoms with E-state index in [9.17, 15) is 14.1 Å². The Morgan fingerprint density at radius 2 is 1.94 bits per heavy atom. The highest BCUT2D eigenvalue weighted by Gasteiger charge is 2.33. The number of hydrogen-bond donors (Lipinski definition) is 1. The van der Waals surface area contributed by atoms with Crippen LogP contribution in [-0.4, -0.2) is 69.3 Å². The predicted molar refractivity (Wildman–Crippen MR) is 134 cm³/mol. The molecule has 1 N–H and O–H groups in total. The number of aromatic nitrogens is 2. The minimum absolute atomic E-state index is 0.100. The van der Waals surface area contributed by atoms with Crippen LogP contribution in [0.1, 0.15) is 17.7 Å². The maximum Gasteiger partial charge on any atom is 0.407 e. The summed E-state index contributed by atoms with van der Waals surface area (Å²) in [7, 11) is 0.266. The molecule has 2 atom stereocenters. The molecule has 1 amide bonds. The number of fused-ring (bicyclic) bond motifs is 2. The molecule has 0 spiro atoms. The summed E-state index contributed by atoms with van der Waals surface area (Å²) >= 11 is 6.58. The maximum atomic E-state index is 12.4. The average molecular weight is 500 g/mol. The van der Waals surface area contributed by atoms with Crippen molar-refractivity contribution in [3.8, 4) is 0 Å². The van der Waals surface area contributed by atoms with E-state index < -0.39 is 16.9 Å². The molecule has 1 saturated heterocycles. The molecule has 3 aromatic rings. The van der Waals surface area contributed by atoms with E-state index >= 15 is 0 Å². The lowest BCUT2D eigenvalue weighted by Gasteiger charge is -2.33. The Morgan fingerprint density at radius 3 is 2.68 bits per heavy atom. The predicted octanol–water partition coefficient (Wildman–Crippen LogP) is 3.77. The number of benzene rings is 2. The summed E-state index contributed by atoms with van der Waals surface area (Å²) in [6.45, 7) is 2.59. The molecule has 1 fully saturated rings. The Balaban J connectivity index is 1.51. The van der Waals surface area contributed by atoms with Gasteiger partial charge in [-0.1, -0.05) is 35.9 Å². The molecule has 5 rings (SSSR count). The summed E-state index contributed by atoms with van der Waals surface area (Å²) in [5.74, 6) is 0.784. The van der Waals surface area contributed by atoms with Gasteiger partial charge < -0.3 is 19.8 Å². The van der Waals surface area contributed by atoms with Gasteiger partial charge in [-0.25, -0.2) is 14.8 Å². The van der Waals surface area contributed by atoms with Crippen LogP contribution < -0.4 is 9.80 Å². The van der Waals surface area contributed by atoms with Crippen molar-refractivity contribution >= 4 is 50.8 Å². The Bertz CT molecular complexity index is 1300. The molecule has 178 valence electrons. The van der Waals surface area contributed by atoms with Gasteiger partial charge in [0.1, 0.15) is 5.82 Å². The number of carboxylic acid groups (broad SMARTS) is 1. The topological polar surface area (TPSA) is 89.9 Å². The van der Waals surface area contributed by atoms with Crippen LogP contribution in [0.25, 0.3) is 10.8 Å². The summed E-state index contributed by atoms with van der Waals surface area (Å²) in [4.78, 5) is 26.5. The highest BCUT2D eigenvalue weighted by molar-refractivity contribution is 7.84. The average Bonchev–Trinajstić information content (AvgIpc) is 3.32. The molecule has 1 aromatic heterocycles. The molecule has 0 saturated carbocycles. The summed E-state index contributed by atoms with van der Waals surface area (Å²) in [6.07, 6.45) is 2.11. The molecule has 0 aliphatic carbocycles. The van der Waals surface area contributed by atoms with Crippen molar-refractivity contribution in [2.75, 3.05) is 42.7 Å². The van der Waals surface area contributed by atoms with E-state index in [4.69, 9.17) is 11.6 Å². The number of carbonyl (C=O) groups is 1. The van der Waals surface area contributed by atoms with E-state index in [1.165, 1.54) is 4.90 Å². The van der Waals surface area contributed by atoms with Crippen molar-refractivity contribution in [3.63, 3.8) is 0 Å². The van der Waals surface area contributed by atoms with E-state index in [-0.39, 0.29) is 6.04 Å². The van der Waals surface area contributed by atoms with Crippen LogP contribution in [0.5, 0.6) is 0 Å². The molecular formula is C24H26ClN5O3S. The van der Waals surface area contributed by atoms with Crippen LogP contribution in [0, 0.1) is 0 Å². The molecule has 8 nitrogen and oxygen atoms in total. The van der Waals surface area contributed by atoms with Crippen LogP contribution in [0.15, 0.2) is 41.6 Å². The van der Waals surface area contributed by atoms with E-state index in [0.29, 0.717) is 29.8 Å². The lowest BCUT2D eigenvalue weighted by Crippen LogP contribution is -2.39. The number of nitrogens with zero attached hydrogens (tertiary/aromatic N) is 5. The quantitative estimate of drug-likeness (QED) is 0.546. The second kappa shape index (κ2) is 9.03. The highest BCUT2D eigenvalue weighted by atomic mass is 35.5. The fourth-order valence-electron chi connectivity index (χ4n) is 4.93. The fraction of sp³-hybridized carbons (Fsp3) is 0.375. The van der Waals surface area contributed by atoms with E-state index in [1.54, 1.807) is 13.3 Å². The number of halogens is 1. The van der Waals surface area contributed by atoms with Crippen LogP contribution in [0.3, 0.4) is 0 Å². The Kier molecular flexibility index (Phi) is 6.07. The zero-order chi connectivity index (χ0) is 24.0. The van der Waals surface area contributed by atoms with Gasteiger partial charge in [-0.2, -0.15) is 0 Å². The second-order valence-electron chi connectivity index (χ2n) is 8.78. The van der Waals surface area contributed by atoms with Crippen LogP contribution >= 0.6 is 11.6 Å². The Morgan fingerprint density at radius 1 is 1.18 bits per heavy atom. The number of likely N-dealkylation sites (N-methyl/N-ethyl adjacent to an activating group) is 1. The molecule has 2 aliphatic heterocycles. The number of hydrogen-bond acceptors (Lipinski definition) is 6. The number of rotatable bonds is 4.